The minimum atomic E-state index is -4.76. The fourth-order valence-corrected chi connectivity index (χ4v) is 7.53. The van der Waals surface area contributed by atoms with E-state index in [0.29, 0.717) is 12.8 Å². The van der Waals surface area contributed by atoms with Gasteiger partial charge in [0.15, 0.2) is 6.04 Å². The van der Waals surface area contributed by atoms with Crippen molar-refractivity contribution in [3.8, 4) is 0 Å². The topological polar surface area (TPSA) is 169 Å². The van der Waals surface area contributed by atoms with Gasteiger partial charge in [-0.1, -0.05) is 192 Å². The number of carbonyl (C=O) groups is 3. The molecule has 0 spiro atoms. The highest BCUT2D eigenvalue weighted by Gasteiger charge is 2.28. The number of aliphatic hydroxyl groups excluding tert-OH is 1. The van der Waals surface area contributed by atoms with Crippen LogP contribution in [0.25, 0.3) is 0 Å². The quantitative estimate of drug-likeness (QED) is 0.0200. The molecule has 0 aliphatic heterocycles. The maximum Gasteiger partial charge on any atom is 0.472 e. The minimum absolute atomic E-state index is 0.131. The Labute approximate surface area is 359 Å². The highest BCUT2D eigenvalue weighted by molar-refractivity contribution is 7.47. The molecule has 0 heterocycles. The van der Waals surface area contributed by atoms with Crippen LogP contribution in [0.3, 0.4) is 0 Å². The molecule has 0 aliphatic rings. The summed E-state index contributed by atoms with van der Waals surface area (Å²) in [6.45, 7) is 2.58. The van der Waals surface area contributed by atoms with Gasteiger partial charge < -0.3 is 25.2 Å². The number of carbonyl (C=O) groups excluding carboxylic acids is 2. The van der Waals surface area contributed by atoms with Gasteiger partial charge in [-0.05, 0) is 44.9 Å². The summed E-state index contributed by atoms with van der Waals surface area (Å²) in [5.41, 5.74) is 0. The lowest BCUT2D eigenvalue weighted by Crippen LogP contribution is -2.43. The Kier molecular flexibility index (Phi) is 41.2. The fraction of sp³-hybridized carbons (Fsp3) is 0.851. The van der Waals surface area contributed by atoms with Gasteiger partial charge in [0.1, 0.15) is 12.7 Å². The van der Waals surface area contributed by atoms with Crippen LogP contribution in [0.4, 0.5) is 0 Å². The average Bonchev–Trinajstić information content (AvgIpc) is 3.21. The van der Waals surface area contributed by atoms with Gasteiger partial charge in [-0.15, -0.1) is 0 Å². The summed E-state index contributed by atoms with van der Waals surface area (Å²) in [6.07, 6.45) is 44.9. The van der Waals surface area contributed by atoms with Crippen molar-refractivity contribution in [2.45, 2.75) is 238 Å². The average molecular weight is 858 g/mol. The molecule has 0 saturated carbocycles. The van der Waals surface area contributed by atoms with Gasteiger partial charge in [0.2, 0.25) is 5.91 Å². The largest absolute Gasteiger partial charge is 0.480 e. The normalized spacial score (nSPS) is 13.8. The van der Waals surface area contributed by atoms with Crippen molar-refractivity contribution in [3.05, 3.63) is 24.3 Å². The van der Waals surface area contributed by atoms with Crippen molar-refractivity contribution < 1.29 is 47.8 Å². The second kappa shape index (κ2) is 42.6. The molecule has 0 aromatic rings. The summed E-state index contributed by atoms with van der Waals surface area (Å²) >= 11 is 0. The molecule has 11 nitrogen and oxygen atoms in total. The number of hydrogen-bond acceptors (Lipinski definition) is 8. The number of ether oxygens (including phenoxy) is 1. The lowest BCUT2D eigenvalue weighted by molar-refractivity contribution is -0.147. The van der Waals surface area contributed by atoms with Gasteiger partial charge in [0.25, 0.3) is 0 Å². The molecule has 0 fully saturated rings. The maximum atomic E-state index is 12.3. The summed E-state index contributed by atoms with van der Waals surface area (Å²) in [5, 5.41) is 21.9. The SMILES string of the molecule is CCCCC/C=C\C/C=C\CCCCCCCC(=O)NC(COP(=O)(O)OCC(O)COC(=O)CCCCCCCCCCCCCCCCCCCCCC)C(=O)O. The number of carboxylic acid groups (broad SMARTS) is 1. The van der Waals surface area contributed by atoms with Crippen LogP contribution in [-0.4, -0.2) is 64.9 Å². The Morgan fingerprint density at radius 2 is 0.932 bits per heavy atom. The number of rotatable bonds is 45. The summed E-state index contributed by atoms with van der Waals surface area (Å²) in [4.78, 5) is 46.0. The first kappa shape index (κ1) is 57.0. The van der Waals surface area contributed by atoms with Crippen molar-refractivity contribution in [1.82, 2.24) is 5.32 Å². The van der Waals surface area contributed by atoms with E-state index in [0.717, 1.165) is 64.2 Å². The molecule has 1 amide bonds. The fourth-order valence-electron chi connectivity index (χ4n) is 6.76. The van der Waals surface area contributed by atoms with Crippen LogP contribution in [-0.2, 0) is 32.7 Å². The van der Waals surface area contributed by atoms with Crippen molar-refractivity contribution in [1.29, 1.82) is 0 Å². The standard InChI is InChI=1S/C47H88NO10P/c1-3-5-7-9-11-13-15-17-19-20-21-22-23-25-27-29-31-33-35-37-39-46(51)56-40-43(49)41-57-59(54,55)58-42-44(47(52)53)48-45(50)38-36-34-32-30-28-26-24-18-16-14-12-10-8-6-4-2/h12,14,18,24,43-44,49H,3-11,13,15-17,19-23,25-42H2,1-2H3,(H,48,50)(H,52,53)(H,54,55)/b14-12-,24-18-. The molecule has 3 atom stereocenters. The Morgan fingerprint density at radius 3 is 1.41 bits per heavy atom. The molecule has 346 valence electrons. The number of nitrogens with one attached hydrogen (secondary N) is 1. The van der Waals surface area contributed by atoms with Gasteiger partial charge in [-0.2, -0.15) is 0 Å². The van der Waals surface area contributed by atoms with Gasteiger partial charge in [-0.25, -0.2) is 9.36 Å². The van der Waals surface area contributed by atoms with E-state index < -0.39 is 57.6 Å². The van der Waals surface area contributed by atoms with Crippen LogP contribution < -0.4 is 5.32 Å². The lowest BCUT2D eigenvalue weighted by atomic mass is 10.0. The molecular formula is C47H88NO10P. The molecule has 0 bridgehead atoms. The number of allylic oxidation sites excluding steroid dienone is 4. The molecule has 0 aromatic carbocycles. The number of phosphoric ester groups is 1. The van der Waals surface area contributed by atoms with Crippen LogP contribution in [0.5, 0.6) is 0 Å². The second-order valence-corrected chi connectivity index (χ2v) is 17.8. The maximum absolute atomic E-state index is 12.3. The van der Waals surface area contributed by atoms with E-state index in [2.05, 4.69) is 43.5 Å². The number of aliphatic carboxylic acids is 1. The van der Waals surface area contributed by atoms with Gasteiger partial charge >= 0.3 is 19.8 Å². The molecule has 4 N–H and O–H groups in total. The molecule has 0 aliphatic carbocycles. The number of aliphatic hydroxyl groups is 1. The van der Waals surface area contributed by atoms with Crippen LogP contribution in [0.15, 0.2) is 24.3 Å². The van der Waals surface area contributed by atoms with Crippen LogP contribution in [0.1, 0.15) is 226 Å². The second-order valence-electron chi connectivity index (χ2n) is 16.3. The first-order valence-corrected chi connectivity index (χ1v) is 25.4. The highest BCUT2D eigenvalue weighted by atomic mass is 31.2. The number of esters is 1. The van der Waals surface area contributed by atoms with Crippen LogP contribution >= 0.6 is 7.82 Å². The smallest absolute Gasteiger partial charge is 0.472 e. The molecule has 0 aromatic heterocycles. The van der Waals surface area contributed by atoms with Crippen LogP contribution in [0.2, 0.25) is 0 Å². The zero-order chi connectivity index (χ0) is 43.5. The summed E-state index contributed by atoms with van der Waals surface area (Å²) in [5.74, 6) is -2.38. The van der Waals surface area contributed by atoms with E-state index in [1.165, 1.54) is 122 Å². The van der Waals surface area contributed by atoms with E-state index in [4.69, 9.17) is 13.8 Å². The summed E-state index contributed by atoms with van der Waals surface area (Å²) in [7, 11) is -4.76. The Bertz CT molecular complexity index is 1100. The zero-order valence-electron chi connectivity index (χ0n) is 37.6. The Morgan fingerprint density at radius 1 is 0.542 bits per heavy atom. The zero-order valence-corrected chi connectivity index (χ0v) is 38.5. The summed E-state index contributed by atoms with van der Waals surface area (Å²) in [6, 6.07) is -1.55. The number of phosphoric acid groups is 1. The van der Waals surface area contributed by atoms with Gasteiger partial charge in [0, 0.05) is 12.8 Å². The van der Waals surface area contributed by atoms with E-state index in [-0.39, 0.29) is 12.8 Å². The first-order chi connectivity index (χ1) is 28.6. The minimum Gasteiger partial charge on any atom is -0.480 e. The van der Waals surface area contributed by atoms with Gasteiger partial charge in [0.05, 0.1) is 13.2 Å². The molecule has 0 radical (unpaired) electrons. The predicted molar refractivity (Wildman–Crippen MR) is 240 cm³/mol. The predicted octanol–water partition coefficient (Wildman–Crippen LogP) is 12.6. The summed E-state index contributed by atoms with van der Waals surface area (Å²) < 4.78 is 26.9. The van der Waals surface area contributed by atoms with Gasteiger partial charge in [-0.3, -0.25) is 18.6 Å². The van der Waals surface area contributed by atoms with Crippen molar-refractivity contribution in [2.24, 2.45) is 0 Å². The Balaban J connectivity index is 3.83. The number of unbranched alkanes of at least 4 members (excludes halogenated alkanes) is 27. The molecule has 12 heteroatoms. The highest BCUT2D eigenvalue weighted by Crippen LogP contribution is 2.43. The van der Waals surface area contributed by atoms with Crippen molar-refractivity contribution >= 4 is 25.7 Å². The van der Waals surface area contributed by atoms with E-state index in [1.807, 2.05) is 0 Å². The molecule has 59 heavy (non-hydrogen) atoms. The third kappa shape index (κ3) is 42.4. The van der Waals surface area contributed by atoms with E-state index in [1.54, 1.807) is 0 Å². The molecule has 0 saturated heterocycles. The lowest BCUT2D eigenvalue weighted by Gasteiger charge is -2.18. The van der Waals surface area contributed by atoms with Crippen molar-refractivity contribution in [3.63, 3.8) is 0 Å². The third-order valence-electron chi connectivity index (χ3n) is 10.5. The van der Waals surface area contributed by atoms with E-state index in [9.17, 15) is 34.1 Å². The van der Waals surface area contributed by atoms with E-state index >= 15 is 0 Å². The first-order valence-electron chi connectivity index (χ1n) is 23.9. The number of amides is 1. The molecule has 3 unspecified atom stereocenters. The number of carboxylic acids is 1. The monoisotopic (exact) mass is 858 g/mol. The molecular weight excluding hydrogens is 769 g/mol. The number of hydrogen-bond donors (Lipinski definition) is 4. The molecule has 0 rings (SSSR count). The van der Waals surface area contributed by atoms with Crippen LogP contribution in [0, 0.1) is 0 Å². The van der Waals surface area contributed by atoms with Crippen molar-refractivity contribution in [2.75, 3.05) is 19.8 Å². The Hall–Kier alpha value is -2.04. The third-order valence-corrected chi connectivity index (χ3v) is 11.4.